The highest BCUT2D eigenvalue weighted by Crippen LogP contribution is 2.39. The molecule has 1 aliphatic heterocycles. The number of hydrogen-bond acceptors (Lipinski definition) is 5. The topological polar surface area (TPSA) is 66.9 Å². The van der Waals surface area contributed by atoms with Crippen molar-refractivity contribution in [2.75, 3.05) is 11.9 Å². The van der Waals surface area contributed by atoms with Gasteiger partial charge in [-0.2, -0.15) is 0 Å². The fraction of sp³-hybridized carbons (Fsp3) is 0.562. The lowest BCUT2D eigenvalue weighted by atomic mass is 10.1. The fourth-order valence-corrected chi connectivity index (χ4v) is 4.76. The second-order valence-corrected chi connectivity index (χ2v) is 7.22. The molecule has 2 aromatic heterocycles. The molecular formula is C16H20N4OS. The molecule has 4 rings (SSSR count). The van der Waals surface area contributed by atoms with Crippen LogP contribution in [0.15, 0.2) is 0 Å². The van der Waals surface area contributed by atoms with Crippen LogP contribution in [0.25, 0.3) is 10.2 Å². The highest BCUT2D eigenvalue weighted by Gasteiger charge is 2.25. The van der Waals surface area contributed by atoms with Crippen LogP contribution >= 0.6 is 11.3 Å². The second-order valence-electron chi connectivity index (χ2n) is 6.14. The summed E-state index contributed by atoms with van der Waals surface area (Å²) in [6.45, 7) is 2.70. The Hall–Kier alpha value is -1.69. The van der Waals surface area contributed by atoms with Crippen LogP contribution in [-0.4, -0.2) is 28.5 Å². The first-order valence-electron chi connectivity index (χ1n) is 8.05. The monoisotopic (exact) mass is 316 g/mol. The van der Waals surface area contributed by atoms with Crippen LogP contribution in [0, 0.1) is 6.92 Å². The third-order valence-electron chi connectivity index (χ3n) is 4.52. The van der Waals surface area contributed by atoms with E-state index in [2.05, 4.69) is 20.6 Å². The van der Waals surface area contributed by atoms with Crippen molar-refractivity contribution in [2.45, 2.75) is 51.5 Å². The van der Waals surface area contributed by atoms with E-state index in [0.29, 0.717) is 0 Å². The van der Waals surface area contributed by atoms with Crippen molar-refractivity contribution in [1.82, 2.24) is 15.3 Å². The predicted molar refractivity (Wildman–Crippen MR) is 88.4 cm³/mol. The third kappa shape index (κ3) is 2.35. The number of nitrogens with one attached hydrogen (secondary N) is 2. The van der Waals surface area contributed by atoms with Crippen LogP contribution in [0.2, 0.25) is 0 Å². The molecule has 0 saturated carbocycles. The molecule has 5 nitrogen and oxygen atoms in total. The molecule has 2 aliphatic rings. The molecule has 22 heavy (non-hydrogen) atoms. The van der Waals surface area contributed by atoms with Crippen LogP contribution in [0.1, 0.15) is 41.9 Å². The largest absolute Gasteiger partial charge is 0.358 e. The Morgan fingerprint density at radius 3 is 3.05 bits per heavy atom. The summed E-state index contributed by atoms with van der Waals surface area (Å²) in [5, 5.41) is 7.55. The molecule has 1 amide bonds. The number of aryl methyl sites for hydroxylation is 3. The van der Waals surface area contributed by atoms with E-state index in [9.17, 15) is 4.79 Å². The predicted octanol–water partition coefficient (Wildman–Crippen LogP) is 2.57. The van der Waals surface area contributed by atoms with Gasteiger partial charge in [0, 0.05) is 11.4 Å². The van der Waals surface area contributed by atoms with E-state index < -0.39 is 0 Å². The number of rotatable bonds is 2. The number of carbonyl (C=O) groups is 1. The van der Waals surface area contributed by atoms with Crippen molar-refractivity contribution in [3.63, 3.8) is 0 Å². The van der Waals surface area contributed by atoms with Crippen molar-refractivity contribution < 1.29 is 4.79 Å². The average molecular weight is 316 g/mol. The van der Waals surface area contributed by atoms with Gasteiger partial charge in [-0.05, 0) is 51.0 Å². The lowest BCUT2D eigenvalue weighted by Crippen LogP contribution is -2.38. The summed E-state index contributed by atoms with van der Waals surface area (Å²) in [7, 11) is 0. The van der Waals surface area contributed by atoms with Crippen molar-refractivity contribution in [1.29, 1.82) is 0 Å². The van der Waals surface area contributed by atoms with E-state index in [0.717, 1.165) is 60.5 Å². The van der Waals surface area contributed by atoms with Crippen molar-refractivity contribution in [2.24, 2.45) is 0 Å². The Morgan fingerprint density at radius 2 is 2.14 bits per heavy atom. The number of aromatic nitrogens is 2. The van der Waals surface area contributed by atoms with Gasteiger partial charge in [0.05, 0.1) is 5.39 Å². The van der Waals surface area contributed by atoms with Gasteiger partial charge < -0.3 is 10.6 Å². The standard InChI is InChI=1S/C16H20N4OS/c1-9-18-14(20-11-6-2-3-8-17-15(11)21)13-10-5-4-7-12(10)22-16(13)19-9/h11H,2-8H2,1H3,(H,17,21)(H,18,19,20)/t11-/m1/s1. The summed E-state index contributed by atoms with van der Waals surface area (Å²) in [6, 6.07) is -0.183. The molecule has 2 N–H and O–H groups in total. The number of anilines is 1. The molecule has 3 heterocycles. The summed E-state index contributed by atoms with van der Waals surface area (Å²) in [5.74, 6) is 1.71. The molecule has 0 spiro atoms. The summed E-state index contributed by atoms with van der Waals surface area (Å²) >= 11 is 1.79. The molecule has 0 bridgehead atoms. The molecule has 0 unspecified atom stereocenters. The summed E-state index contributed by atoms with van der Waals surface area (Å²) in [4.78, 5) is 23.9. The lowest BCUT2D eigenvalue weighted by Gasteiger charge is -2.17. The van der Waals surface area contributed by atoms with Gasteiger partial charge in [-0.25, -0.2) is 9.97 Å². The average Bonchev–Trinajstić information content (AvgIpc) is 2.99. The third-order valence-corrected chi connectivity index (χ3v) is 5.71. The first kappa shape index (κ1) is 13.9. The molecule has 1 atom stereocenters. The Labute approximate surface area is 133 Å². The summed E-state index contributed by atoms with van der Waals surface area (Å²) < 4.78 is 0. The number of thiophene rings is 1. The zero-order valence-corrected chi connectivity index (χ0v) is 13.6. The number of nitrogens with zero attached hydrogens (tertiary/aromatic N) is 2. The maximum absolute atomic E-state index is 12.2. The highest BCUT2D eigenvalue weighted by atomic mass is 32.1. The Bertz CT molecular complexity index is 739. The SMILES string of the molecule is Cc1nc(N[C@@H]2CCCCNC2=O)c2c3c(sc2n1)CCC3. The van der Waals surface area contributed by atoms with Crippen LogP contribution in [0.3, 0.4) is 0 Å². The van der Waals surface area contributed by atoms with Crippen LogP contribution in [0.4, 0.5) is 5.82 Å². The van der Waals surface area contributed by atoms with Crippen LogP contribution in [-0.2, 0) is 17.6 Å². The minimum absolute atomic E-state index is 0.0915. The van der Waals surface area contributed by atoms with Gasteiger partial charge in [0.15, 0.2) is 0 Å². The fourth-order valence-electron chi connectivity index (χ4n) is 3.45. The van der Waals surface area contributed by atoms with Crippen LogP contribution < -0.4 is 10.6 Å². The molecule has 6 heteroatoms. The first-order chi connectivity index (χ1) is 10.7. The minimum atomic E-state index is -0.183. The van der Waals surface area contributed by atoms with Gasteiger partial charge >= 0.3 is 0 Å². The van der Waals surface area contributed by atoms with Crippen molar-refractivity contribution in [3.05, 3.63) is 16.3 Å². The second kappa shape index (κ2) is 5.50. The molecular weight excluding hydrogens is 296 g/mol. The molecule has 0 radical (unpaired) electrons. The smallest absolute Gasteiger partial charge is 0.242 e. The zero-order chi connectivity index (χ0) is 15.1. The molecule has 1 fully saturated rings. The van der Waals surface area contributed by atoms with Gasteiger partial charge in [-0.1, -0.05) is 0 Å². The van der Waals surface area contributed by atoms with E-state index in [1.807, 2.05) is 6.92 Å². The summed E-state index contributed by atoms with van der Waals surface area (Å²) in [5.41, 5.74) is 1.40. The first-order valence-corrected chi connectivity index (χ1v) is 8.87. The zero-order valence-electron chi connectivity index (χ0n) is 12.7. The molecule has 2 aromatic rings. The Kier molecular flexibility index (Phi) is 3.48. The van der Waals surface area contributed by atoms with Crippen molar-refractivity contribution >= 4 is 33.3 Å². The van der Waals surface area contributed by atoms with E-state index >= 15 is 0 Å². The molecule has 0 aromatic carbocycles. The number of fused-ring (bicyclic) bond motifs is 3. The molecule has 1 saturated heterocycles. The number of hydrogen-bond donors (Lipinski definition) is 2. The highest BCUT2D eigenvalue weighted by molar-refractivity contribution is 7.19. The van der Waals surface area contributed by atoms with E-state index in [4.69, 9.17) is 0 Å². The normalized spacial score (nSPS) is 21.5. The maximum atomic E-state index is 12.2. The molecule has 116 valence electrons. The van der Waals surface area contributed by atoms with Gasteiger partial charge in [0.1, 0.15) is 22.5 Å². The number of carbonyl (C=O) groups excluding carboxylic acids is 1. The Balaban J connectivity index is 1.75. The van der Waals surface area contributed by atoms with E-state index in [1.54, 1.807) is 11.3 Å². The summed E-state index contributed by atoms with van der Waals surface area (Å²) in [6.07, 6.45) is 6.45. The van der Waals surface area contributed by atoms with Gasteiger partial charge in [0.25, 0.3) is 0 Å². The number of amides is 1. The Morgan fingerprint density at radius 1 is 1.23 bits per heavy atom. The maximum Gasteiger partial charge on any atom is 0.242 e. The lowest BCUT2D eigenvalue weighted by molar-refractivity contribution is -0.121. The van der Waals surface area contributed by atoms with Gasteiger partial charge in [-0.15, -0.1) is 11.3 Å². The van der Waals surface area contributed by atoms with Crippen LogP contribution in [0.5, 0.6) is 0 Å². The van der Waals surface area contributed by atoms with Gasteiger partial charge in [-0.3, -0.25) is 4.79 Å². The van der Waals surface area contributed by atoms with Crippen molar-refractivity contribution in [3.8, 4) is 0 Å². The van der Waals surface area contributed by atoms with Gasteiger partial charge in [0.2, 0.25) is 5.91 Å². The van der Waals surface area contributed by atoms with E-state index in [1.165, 1.54) is 16.9 Å². The molecule has 1 aliphatic carbocycles. The quantitative estimate of drug-likeness (QED) is 0.893. The van der Waals surface area contributed by atoms with E-state index in [-0.39, 0.29) is 11.9 Å². The minimum Gasteiger partial charge on any atom is -0.358 e.